The number of halogens is 1. The van der Waals surface area contributed by atoms with Crippen LogP contribution >= 0.6 is 12.4 Å². The molecule has 8 nitrogen and oxygen atoms in total. The van der Waals surface area contributed by atoms with Crippen LogP contribution in [0, 0.1) is 0 Å². The zero-order valence-electron chi connectivity index (χ0n) is 11.9. The van der Waals surface area contributed by atoms with E-state index in [-0.39, 0.29) is 29.9 Å². The number of nitrogens with zero attached hydrogens (tertiary/aromatic N) is 3. The van der Waals surface area contributed by atoms with E-state index in [2.05, 4.69) is 0 Å². The highest BCUT2D eigenvalue weighted by atomic mass is 35.5. The van der Waals surface area contributed by atoms with Crippen LogP contribution in [-0.4, -0.2) is 41.0 Å². The number of hydrogen-bond donors (Lipinski definition) is 1. The van der Waals surface area contributed by atoms with Gasteiger partial charge in [-0.15, -0.1) is 12.4 Å². The average Bonchev–Trinajstić information content (AvgIpc) is 2.89. The number of rotatable bonds is 3. The second-order valence-electron chi connectivity index (χ2n) is 4.90. The van der Waals surface area contributed by atoms with Gasteiger partial charge in [0.2, 0.25) is 10.0 Å². The van der Waals surface area contributed by atoms with Crippen molar-refractivity contribution < 1.29 is 8.42 Å². The molecule has 0 bridgehead atoms. The molecule has 1 fully saturated rings. The minimum Gasteiger partial charge on any atom is -0.329 e. The van der Waals surface area contributed by atoms with Gasteiger partial charge in [-0.25, -0.2) is 13.2 Å². The zero-order valence-corrected chi connectivity index (χ0v) is 13.5. The zero-order chi connectivity index (χ0) is 15.1. The maximum Gasteiger partial charge on any atom is 0.330 e. The minimum absolute atomic E-state index is 0. The minimum atomic E-state index is -3.93. The molecular weight excluding hydrogens is 320 g/mol. The van der Waals surface area contributed by atoms with Gasteiger partial charge in [0.05, 0.1) is 0 Å². The van der Waals surface area contributed by atoms with Crippen molar-refractivity contribution in [2.75, 3.05) is 13.1 Å². The smallest absolute Gasteiger partial charge is 0.329 e. The van der Waals surface area contributed by atoms with Gasteiger partial charge in [0.15, 0.2) is 4.90 Å². The van der Waals surface area contributed by atoms with E-state index >= 15 is 0 Å². The van der Waals surface area contributed by atoms with Crippen molar-refractivity contribution in [1.29, 1.82) is 0 Å². The molecule has 1 atom stereocenters. The lowest BCUT2D eigenvalue weighted by molar-refractivity contribution is 0.391. The van der Waals surface area contributed by atoms with Gasteiger partial charge >= 0.3 is 5.69 Å². The van der Waals surface area contributed by atoms with Gasteiger partial charge in [-0.3, -0.25) is 9.36 Å². The first-order valence-corrected chi connectivity index (χ1v) is 7.73. The van der Waals surface area contributed by atoms with Gasteiger partial charge in [0.25, 0.3) is 5.56 Å². The standard InChI is InChI=1S/C11H18N4O4S.ClH/c1-13-7-9(10(16)14(2)11(13)17)20(18,19)15-5-3-4-8(15)6-12;/h7-8H,3-6,12H2,1-2H3;1H. The van der Waals surface area contributed by atoms with Gasteiger partial charge in [0.1, 0.15) is 0 Å². The monoisotopic (exact) mass is 338 g/mol. The van der Waals surface area contributed by atoms with Gasteiger partial charge in [-0.2, -0.15) is 4.31 Å². The highest BCUT2D eigenvalue weighted by Gasteiger charge is 2.36. The molecule has 0 amide bonds. The van der Waals surface area contributed by atoms with Crippen LogP contribution in [0.2, 0.25) is 0 Å². The van der Waals surface area contributed by atoms with E-state index in [1.165, 1.54) is 18.4 Å². The largest absolute Gasteiger partial charge is 0.330 e. The Morgan fingerprint density at radius 3 is 2.52 bits per heavy atom. The molecule has 1 aliphatic heterocycles. The van der Waals surface area contributed by atoms with E-state index in [0.717, 1.165) is 15.3 Å². The van der Waals surface area contributed by atoms with Gasteiger partial charge < -0.3 is 10.3 Å². The molecule has 1 unspecified atom stereocenters. The number of nitrogens with two attached hydrogens (primary N) is 1. The highest BCUT2D eigenvalue weighted by molar-refractivity contribution is 7.89. The number of hydrogen-bond acceptors (Lipinski definition) is 5. The Labute approximate surface area is 128 Å². The summed E-state index contributed by atoms with van der Waals surface area (Å²) in [4.78, 5) is 23.3. The Hall–Kier alpha value is -1.16. The molecule has 1 saturated heterocycles. The maximum atomic E-state index is 12.6. The third-order valence-corrected chi connectivity index (χ3v) is 5.53. The Morgan fingerprint density at radius 2 is 1.95 bits per heavy atom. The van der Waals surface area contributed by atoms with E-state index in [1.807, 2.05) is 0 Å². The fourth-order valence-electron chi connectivity index (χ4n) is 2.44. The van der Waals surface area contributed by atoms with Crippen LogP contribution in [0.5, 0.6) is 0 Å². The SMILES string of the molecule is Cl.Cn1cc(S(=O)(=O)N2CCCC2CN)c(=O)n(C)c1=O. The predicted octanol–water partition coefficient (Wildman–Crippen LogP) is -1.38. The summed E-state index contributed by atoms with van der Waals surface area (Å²) < 4.78 is 28.3. The summed E-state index contributed by atoms with van der Waals surface area (Å²) >= 11 is 0. The first-order valence-electron chi connectivity index (χ1n) is 6.29. The quantitative estimate of drug-likeness (QED) is 0.730. The number of aromatic nitrogens is 2. The average molecular weight is 339 g/mol. The van der Waals surface area contributed by atoms with Gasteiger partial charge in [-0.05, 0) is 12.8 Å². The molecule has 21 heavy (non-hydrogen) atoms. The van der Waals surface area contributed by atoms with Crippen molar-refractivity contribution >= 4 is 22.4 Å². The second-order valence-corrected chi connectivity index (χ2v) is 6.76. The maximum absolute atomic E-state index is 12.6. The van der Waals surface area contributed by atoms with E-state index in [1.54, 1.807) is 0 Å². The van der Waals surface area contributed by atoms with Crippen molar-refractivity contribution in [2.45, 2.75) is 23.8 Å². The lowest BCUT2D eigenvalue weighted by Crippen LogP contribution is -2.45. The molecule has 120 valence electrons. The summed E-state index contributed by atoms with van der Waals surface area (Å²) in [5.74, 6) is 0. The first-order chi connectivity index (χ1) is 9.30. The summed E-state index contributed by atoms with van der Waals surface area (Å²) in [5.41, 5.74) is 4.20. The molecule has 10 heteroatoms. The van der Waals surface area contributed by atoms with E-state index in [9.17, 15) is 18.0 Å². The molecule has 0 spiro atoms. The molecule has 0 radical (unpaired) electrons. The van der Waals surface area contributed by atoms with E-state index in [0.29, 0.717) is 19.4 Å². The molecule has 1 aliphatic rings. The molecule has 2 N–H and O–H groups in total. The van der Waals surface area contributed by atoms with Crippen molar-refractivity contribution in [3.8, 4) is 0 Å². The third kappa shape index (κ3) is 2.91. The van der Waals surface area contributed by atoms with Crippen molar-refractivity contribution in [1.82, 2.24) is 13.4 Å². The van der Waals surface area contributed by atoms with Crippen molar-refractivity contribution in [2.24, 2.45) is 19.8 Å². The summed E-state index contributed by atoms with van der Waals surface area (Å²) in [5, 5.41) is 0. The van der Waals surface area contributed by atoms with Crippen molar-refractivity contribution in [3.63, 3.8) is 0 Å². The van der Waals surface area contributed by atoms with Crippen LogP contribution < -0.4 is 17.0 Å². The Morgan fingerprint density at radius 1 is 1.33 bits per heavy atom. The number of sulfonamides is 1. The topological polar surface area (TPSA) is 107 Å². The number of aryl methyl sites for hydroxylation is 1. The molecular formula is C11H19ClN4O4S. The Balaban J connectivity index is 0.00000220. The fourth-order valence-corrected chi connectivity index (χ4v) is 4.29. The van der Waals surface area contributed by atoms with Crippen LogP contribution in [-0.2, 0) is 24.1 Å². The first kappa shape index (κ1) is 17.9. The highest BCUT2D eigenvalue weighted by Crippen LogP contribution is 2.23. The van der Waals surface area contributed by atoms with E-state index < -0.39 is 21.3 Å². The molecule has 1 aromatic rings. The molecule has 0 aliphatic carbocycles. The molecule has 2 rings (SSSR count). The van der Waals surface area contributed by atoms with Crippen molar-refractivity contribution in [3.05, 3.63) is 27.0 Å². The van der Waals surface area contributed by atoms with Crippen LogP contribution in [0.25, 0.3) is 0 Å². The molecule has 0 aromatic carbocycles. The van der Waals surface area contributed by atoms with Crippen LogP contribution in [0.1, 0.15) is 12.8 Å². The summed E-state index contributed by atoms with van der Waals surface area (Å²) in [6.07, 6.45) is 2.47. The Kier molecular flexibility index (Phi) is 5.37. The third-order valence-electron chi connectivity index (χ3n) is 3.60. The second kappa shape index (κ2) is 6.30. The van der Waals surface area contributed by atoms with Crippen LogP contribution in [0.15, 0.2) is 20.7 Å². The van der Waals surface area contributed by atoms with E-state index in [4.69, 9.17) is 5.73 Å². The fraction of sp³-hybridized carbons (Fsp3) is 0.636. The molecule has 2 heterocycles. The predicted molar refractivity (Wildman–Crippen MR) is 80.1 cm³/mol. The lowest BCUT2D eigenvalue weighted by Gasteiger charge is -2.22. The molecule has 0 saturated carbocycles. The normalized spacial score (nSPS) is 19.5. The lowest BCUT2D eigenvalue weighted by atomic mass is 10.2. The molecule has 1 aromatic heterocycles. The summed E-state index contributed by atoms with van der Waals surface area (Å²) in [6, 6.07) is -0.290. The van der Waals surface area contributed by atoms with Crippen LogP contribution in [0.3, 0.4) is 0 Å². The Bertz CT molecular complexity index is 740. The summed E-state index contributed by atoms with van der Waals surface area (Å²) in [6.45, 7) is 0.557. The van der Waals surface area contributed by atoms with Crippen LogP contribution in [0.4, 0.5) is 0 Å². The summed E-state index contributed by atoms with van der Waals surface area (Å²) in [7, 11) is -1.27. The van der Waals surface area contributed by atoms with Gasteiger partial charge in [0, 0.05) is 39.4 Å². The van der Waals surface area contributed by atoms with Gasteiger partial charge in [-0.1, -0.05) is 0 Å².